The van der Waals surface area contributed by atoms with E-state index in [1.54, 1.807) is 0 Å². The maximum absolute atomic E-state index is 12.9. The lowest BCUT2D eigenvalue weighted by Crippen LogP contribution is -2.54. The van der Waals surface area contributed by atoms with Crippen molar-refractivity contribution in [2.24, 2.45) is 0 Å². The van der Waals surface area contributed by atoms with E-state index in [0.717, 1.165) is 77.0 Å². The Morgan fingerprint density at radius 2 is 0.655 bits per heavy atom. The van der Waals surface area contributed by atoms with E-state index < -0.39 is 17.1 Å². The normalized spacial score (nSPS) is 11.3. The summed E-state index contributed by atoms with van der Waals surface area (Å²) in [5.74, 6) is 0. The van der Waals surface area contributed by atoms with Crippen LogP contribution in [-0.2, 0) is 19.6 Å². The van der Waals surface area contributed by atoms with E-state index in [9.17, 15) is 14.4 Å². The third-order valence-corrected chi connectivity index (χ3v) is 5.59. The Kier molecular flexibility index (Phi) is 13.4. The fourth-order valence-corrected chi connectivity index (χ4v) is 3.70. The van der Waals surface area contributed by atoms with Crippen LogP contribution in [0.3, 0.4) is 0 Å². The third-order valence-electron chi connectivity index (χ3n) is 5.59. The first kappa shape index (κ1) is 25.4. The zero-order valence-corrected chi connectivity index (χ0v) is 19.1. The number of hydrogen-bond donors (Lipinski definition) is 0. The monoisotopic (exact) mass is 409 g/mol. The van der Waals surface area contributed by atoms with Crippen molar-refractivity contribution in [1.82, 2.24) is 13.7 Å². The van der Waals surface area contributed by atoms with Crippen LogP contribution in [0.5, 0.6) is 0 Å². The van der Waals surface area contributed by atoms with Gasteiger partial charge in [-0.05, 0) is 19.3 Å². The summed E-state index contributed by atoms with van der Waals surface area (Å²) in [6.07, 6.45) is 14.5. The van der Waals surface area contributed by atoms with E-state index in [4.69, 9.17) is 0 Å². The second-order valence-electron chi connectivity index (χ2n) is 8.19. The molecule has 0 radical (unpaired) electrons. The summed E-state index contributed by atoms with van der Waals surface area (Å²) in [6.45, 7) is 7.69. The van der Waals surface area contributed by atoms with Gasteiger partial charge in [0.2, 0.25) is 0 Å². The molecule has 0 N–H and O–H groups in total. The van der Waals surface area contributed by atoms with E-state index in [0.29, 0.717) is 19.6 Å². The highest BCUT2D eigenvalue weighted by molar-refractivity contribution is 4.79. The van der Waals surface area contributed by atoms with Crippen LogP contribution in [0, 0.1) is 0 Å². The molecule has 6 heteroatoms. The van der Waals surface area contributed by atoms with E-state index >= 15 is 0 Å². The lowest BCUT2D eigenvalue weighted by Gasteiger charge is -2.14. The number of aromatic nitrogens is 3. The molecule has 0 aliphatic carbocycles. The minimum atomic E-state index is -0.422. The zero-order valence-electron chi connectivity index (χ0n) is 19.1. The van der Waals surface area contributed by atoms with Crippen LogP contribution >= 0.6 is 0 Å². The summed E-state index contributed by atoms with van der Waals surface area (Å²) in [4.78, 5) is 38.6. The highest BCUT2D eigenvalue weighted by Crippen LogP contribution is 2.04. The third kappa shape index (κ3) is 8.75. The molecule has 1 heterocycles. The molecule has 0 saturated carbocycles. The van der Waals surface area contributed by atoms with Crippen molar-refractivity contribution in [2.45, 2.75) is 130 Å². The molecular weight excluding hydrogens is 366 g/mol. The first-order valence-electron chi connectivity index (χ1n) is 12.0. The number of hydrogen-bond acceptors (Lipinski definition) is 3. The molecule has 0 saturated heterocycles. The van der Waals surface area contributed by atoms with Crippen LogP contribution in [0.4, 0.5) is 0 Å². The molecule has 1 aromatic heterocycles. The van der Waals surface area contributed by atoms with E-state index in [2.05, 4.69) is 20.8 Å². The average molecular weight is 410 g/mol. The summed E-state index contributed by atoms with van der Waals surface area (Å²) < 4.78 is 3.91. The SMILES string of the molecule is CCCCCCCn1c(=O)n(CCCCCC)c(=O)n(CCCCCCC)c1=O. The highest BCUT2D eigenvalue weighted by atomic mass is 16.2. The molecular formula is C23H43N3O3. The highest BCUT2D eigenvalue weighted by Gasteiger charge is 2.15. The second-order valence-corrected chi connectivity index (χ2v) is 8.19. The topological polar surface area (TPSA) is 66.0 Å². The van der Waals surface area contributed by atoms with Gasteiger partial charge < -0.3 is 0 Å². The molecule has 0 atom stereocenters. The number of rotatable bonds is 17. The molecule has 0 spiro atoms. The molecule has 1 aromatic rings. The van der Waals surface area contributed by atoms with Crippen molar-refractivity contribution in [2.75, 3.05) is 0 Å². The Morgan fingerprint density at radius 1 is 0.414 bits per heavy atom. The molecule has 0 unspecified atom stereocenters. The van der Waals surface area contributed by atoms with Crippen LogP contribution in [0.1, 0.15) is 111 Å². The summed E-state index contributed by atoms with van der Waals surface area (Å²) in [5, 5.41) is 0. The maximum Gasteiger partial charge on any atom is 0.336 e. The molecule has 29 heavy (non-hydrogen) atoms. The van der Waals surface area contributed by atoms with Crippen LogP contribution in [0.25, 0.3) is 0 Å². The van der Waals surface area contributed by atoms with Gasteiger partial charge in [-0.2, -0.15) is 0 Å². The lowest BCUT2D eigenvalue weighted by atomic mass is 10.1. The molecule has 0 amide bonds. The fourth-order valence-electron chi connectivity index (χ4n) is 3.70. The van der Waals surface area contributed by atoms with Gasteiger partial charge in [-0.1, -0.05) is 91.4 Å². The van der Waals surface area contributed by atoms with Gasteiger partial charge in [0.15, 0.2) is 0 Å². The van der Waals surface area contributed by atoms with Crippen molar-refractivity contribution >= 4 is 0 Å². The maximum atomic E-state index is 12.9. The Hall–Kier alpha value is -1.59. The predicted octanol–water partition coefficient (Wildman–Crippen LogP) is 4.69. The standard InChI is InChI=1S/C23H43N3O3/c1-4-7-10-13-16-19-25-21(27)24(18-15-12-9-6-3)22(28)26(23(25)29)20-17-14-11-8-5-2/h4-20H2,1-3H3. The van der Waals surface area contributed by atoms with Gasteiger partial charge in [-0.15, -0.1) is 0 Å². The first-order valence-corrected chi connectivity index (χ1v) is 12.0. The van der Waals surface area contributed by atoms with Crippen LogP contribution < -0.4 is 17.1 Å². The van der Waals surface area contributed by atoms with Gasteiger partial charge in [-0.3, -0.25) is 0 Å². The van der Waals surface area contributed by atoms with Gasteiger partial charge >= 0.3 is 17.1 Å². The summed E-state index contributed by atoms with van der Waals surface area (Å²) in [6, 6.07) is 0. The van der Waals surface area contributed by atoms with Crippen molar-refractivity contribution in [3.63, 3.8) is 0 Å². The molecule has 168 valence electrons. The minimum absolute atomic E-state index is 0.406. The smallest absolute Gasteiger partial charge is 0.247 e. The van der Waals surface area contributed by atoms with E-state index in [1.807, 2.05) is 0 Å². The predicted molar refractivity (Wildman–Crippen MR) is 121 cm³/mol. The van der Waals surface area contributed by atoms with Gasteiger partial charge in [0.25, 0.3) is 0 Å². The summed E-state index contributed by atoms with van der Waals surface area (Å²) in [5.41, 5.74) is -1.26. The van der Waals surface area contributed by atoms with Gasteiger partial charge in [-0.25, -0.2) is 28.1 Å². The molecule has 0 aliphatic rings. The molecule has 6 nitrogen and oxygen atoms in total. The molecule has 0 aliphatic heterocycles. The Labute approximate surface area is 176 Å². The molecule has 0 bridgehead atoms. The second kappa shape index (κ2) is 15.3. The van der Waals surface area contributed by atoms with Gasteiger partial charge in [0.05, 0.1) is 0 Å². The quantitative estimate of drug-likeness (QED) is 0.351. The molecule has 0 aromatic carbocycles. The van der Waals surface area contributed by atoms with Crippen LogP contribution in [0.2, 0.25) is 0 Å². The van der Waals surface area contributed by atoms with Crippen molar-refractivity contribution in [1.29, 1.82) is 0 Å². The number of nitrogens with zero attached hydrogens (tertiary/aromatic N) is 3. The lowest BCUT2D eigenvalue weighted by molar-refractivity contribution is 0.412. The average Bonchev–Trinajstić information content (AvgIpc) is 2.71. The van der Waals surface area contributed by atoms with E-state index in [1.165, 1.54) is 26.5 Å². The van der Waals surface area contributed by atoms with Gasteiger partial charge in [0, 0.05) is 19.6 Å². The molecule has 0 fully saturated rings. The Bertz CT molecular complexity index is 678. The summed E-state index contributed by atoms with van der Waals surface area (Å²) in [7, 11) is 0. The molecule has 1 rings (SSSR count). The minimum Gasteiger partial charge on any atom is -0.247 e. The van der Waals surface area contributed by atoms with Crippen LogP contribution in [-0.4, -0.2) is 13.7 Å². The van der Waals surface area contributed by atoms with E-state index in [-0.39, 0.29) is 0 Å². The van der Waals surface area contributed by atoms with Crippen molar-refractivity contribution < 1.29 is 0 Å². The number of unbranched alkanes of at least 4 members (excludes halogenated alkanes) is 11. The van der Waals surface area contributed by atoms with Gasteiger partial charge in [0.1, 0.15) is 0 Å². The first-order chi connectivity index (χ1) is 14.1. The largest absolute Gasteiger partial charge is 0.336 e. The van der Waals surface area contributed by atoms with Crippen molar-refractivity contribution in [3.05, 3.63) is 31.5 Å². The van der Waals surface area contributed by atoms with Crippen LogP contribution in [0.15, 0.2) is 14.4 Å². The zero-order chi connectivity index (χ0) is 21.5. The van der Waals surface area contributed by atoms with Crippen molar-refractivity contribution in [3.8, 4) is 0 Å². The fraction of sp³-hybridized carbons (Fsp3) is 0.870. The Morgan fingerprint density at radius 3 is 0.931 bits per heavy atom. The Balaban J connectivity index is 3.00. The summed E-state index contributed by atoms with van der Waals surface area (Å²) >= 11 is 0.